The van der Waals surface area contributed by atoms with Gasteiger partial charge in [-0.15, -0.1) is 0 Å². The fraction of sp³-hybridized carbons (Fsp3) is 0. The molecule has 0 saturated heterocycles. The number of para-hydroxylation sites is 2. The molecule has 1 radical (unpaired) electrons. The Hall–Kier alpha value is -1.31. The molecule has 1 aromatic carbocycles. The molecule has 0 saturated carbocycles. The molecule has 2 heteroatoms. The van der Waals surface area contributed by atoms with E-state index in [1.807, 2.05) is 24.3 Å². The zero-order chi connectivity index (χ0) is 6.10. The van der Waals surface area contributed by atoms with E-state index < -0.39 is 0 Å². The van der Waals surface area contributed by atoms with Crippen LogP contribution in [-0.4, -0.2) is 4.98 Å². The van der Waals surface area contributed by atoms with Crippen LogP contribution < -0.4 is 0 Å². The molecule has 0 fully saturated rings. The van der Waals surface area contributed by atoms with Gasteiger partial charge >= 0.3 is 0 Å². The standard InChI is InChI=1S/C7H4NO/c1-2-4-7-6(3-1)8-5-9-7/h1-4H. The quantitative estimate of drug-likeness (QED) is 0.525. The van der Waals surface area contributed by atoms with Gasteiger partial charge in [0.2, 0.25) is 0 Å². The average molecular weight is 118 g/mol. The lowest BCUT2D eigenvalue weighted by Gasteiger charge is -1.79. The molecule has 2 aromatic rings. The Morgan fingerprint density at radius 1 is 1.33 bits per heavy atom. The lowest BCUT2D eigenvalue weighted by molar-refractivity contribution is 0.591. The molecule has 0 amide bonds. The van der Waals surface area contributed by atoms with Crippen molar-refractivity contribution in [2.75, 3.05) is 0 Å². The molecule has 0 spiro atoms. The van der Waals surface area contributed by atoms with E-state index in [0.717, 1.165) is 11.1 Å². The summed E-state index contributed by atoms with van der Waals surface area (Å²) in [7, 11) is 0. The SMILES string of the molecule is [c]1nc2ccccc2o1. The van der Waals surface area contributed by atoms with Crippen molar-refractivity contribution in [1.82, 2.24) is 4.98 Å². The molecule has 2 rings (SSSR count). The second-order valence-corrected chi connectivity index (χ2v) is 1.77. The average Bonchev–Trinajstić information content (AvgIpc) is 2.33. The number of aromatic nitrogens is 1. The summed E-state index contributed by atoms with van der Waals surface area (Å²) >= 11 is 0. The third-order valence-electron chi connectivity index (χ3n) is 1.19. The van der Waals surface area contributed by atoms with Crippen LogP contribution in [0.25, 0.3) is 11.1 Å². The highest BCUT2D eigenvalue weighted by atomic mass is 16.3. The van der Waals surface area contributed by atoms with Crippen molar-refractivity contribution in [3.63, 3.8) is 0 Å². The minimum absolute atomic E-state index is 0.789. The van der Waals surface area contributed by atoms with Crippen LogP contribution in [0.3, 0.4) is 0 Å². The number of fused-ring (bicyclic) bond motifs is 1. The van der Waals surface area contributed by atoms with E-state index in [0.29, 0.717) is 0 Å². The second kappa shape index (κ2) is 1.58. The van der Waals surface area contributed by atoms with Crippen LogP contribution in [0.15, 0.2) is 28.7 Å². The largest absolute Gasteiger partial charge is 0.432 e. The van der Waals surface area contributed by atoms with E-state index in [9.17, 15) is 0 Å². The topological polar surface area (TPSA) is 26.0 Å². The van der Waals surface area contributed by atoms with Gasteiger partial charge in [-0.1, -0.05) is 12.1 Å². The van der Waals surface area contributed by atoms with E-state index in [4.69, 9.17) is 4.42 Å². The van der Waals surface area contributed by atoms with Crippen LogP contribution in [0.4, 0.5) is 0 Å². The summed E-state index contributed by atoms with van der Waals surface area (Å²) < 4.78 is 4.88. The highest BCUT2D eigenvalue weighted by molar-refractivity contribution is 5.71. The molecule has 9 heavy (non-hydrogen) atoms. The van der Waals surface area contributed by atoms with Gasteiger partial charge in [-0.2, -0.15) is 0 Å². The lowest BCUT2D eigenvalue weighted by atomic mass is 10.3. The molecule has 0 bridgehead atoms. The summed E-state index contributed by atoms with van der Waals surface area (Å²) in [4.78, 5) is 3.83. The van der Waals surface area contributed by atoms with Crippen molar-refractivity contribution >= 4 is 11.1 Å². The Labute approximate surface area is 52.1 Å². The first-order valence-corrected chi connectivity index (χ1v) is 2.68. The number of oxazole rings is 1. The molecular formula is C7H4NO. The minimum atomic E-state index is 0.789. The Balaban J connectivity index is 2.95. The van der Waals surface area contributed by atoms with Crippen LogP contribution >= 0.6 is 0 Å². The fourth-order valence-corrected chi connectivity index (χ4v) is 0.757. The summed E-state index contributed by atoms with van der Waals surface area (Å²) in [6.45, 7) is 0. The highest BCUT2D eigenvalue weighted by Gasteiger charge is 1.92. The monoisotopic (exact) mass is 118 g/mol. The summed E-state index contributed by atoms with van der Waals surface area (Å²) in [6.07, 6.45) is 2.41. The van der Waals surface area contributed by atoms with Crippen LogP contribution in [0.2, 0.25) is 0 Å². The smallest absolute Gasteiger partial charge is 0.284 e. The van der Waals surface area contributed by atoms with Gasteiger partial charge in [0.25, 0.3) is 6.39 Å². The highest BCUT2D eigenvalue weighted by Crippen LogP contribution is 2.08. The third-order valence-corrected chi connectivity index (χ3v) is 1.19. The number of rotatable bonds is 0. The first kappa shape index (κ1) is 4.56. The van der Waals surface area contributed by atoms with Crippen LogP contribution in [-0.2, 0) is 0 Å². The molecule has 1 heterocycles. The van der Waals surface area contributed by atoms with Crippen molar-refractivity contribution in [3.8, 4) is 0 Å². The Morgan fingerprint density at radius 3 is 3.11 bits per heavy atom. The van der Waals surface area contributed by atoms with Crippen molar-refractivity contribution in [2.45, 2.75) is 0 Å². The molecule has 2 nitrogen and oxygen atoms in total. The molecular weight excluding hydrogens is 114 g/mol. The summed E-state index contributed by atoms with van der Waals surface area (Å²) in [6, 6.07) is 7.56. The van der Waals surface area contributed by atoms with Crippen LogP contribution in [0.5, 0.6) is 0 Å². The predicted molar refractivity (Wildman–Crippen MR) is 32.8 cm³/mol. The molecule has 43 valence electrons. The van der Waals surface area contributed by atoms with Crippen molar-refractivity contribution in [3.05, 3.63) is 30.7 Å². The first-order valence-electron chi connectivity index (χ1n) is 2.68. The van der Waals surface area contributed by atoms with Crippen LogP contribution in [0.1, 0.15) is 0 Å². The molecule has 0 aliphatic heterocycles. The van der Waals surface area contributed by atoms with Gasteiger partial charge in [0.15, 0.2) is 5.58 Å². The lowest BCUT2D eigenvalue weighted by Crippen LogP contribution is -1.61. The Kier molecular flexibility index (Phi) is 0.803. The van der Waals surface area contributed by atoms with Crippen molar-refractivity contribution in [1.29, 1.82) is 0 Å². The number of nitrogens with zero attached hydrogens (tertiary/aromatic N) is 1. The van der Waals surface area contributed by atoms with Gasteiger partial charge in [0.05, 0.1) is 0 Å². The van der Waals surface area contributed by atoms with Crippen LogP contribution in [0, 0.1) is 6.39 Å². The third kappa shape index (κ3) is 0.598. The molecule has 0 atom stereocenters. The minimum Gasteiger partial charge on any atom is -0.432 e. The van der Waals surface area contributed by atoms with E-state index in [2.05, 4.69) is 11.4 Å². The van der Waals surface area contributed by atoms with Gasteiger partial charge in [0, 0.05) is 0 Å². The molecule has 1 aromatic heterocycles. The van der Waals surface area contributed by atoms with E-state index in [-0.39, 0.29) is 0 Å². The van der Waals surface area contributed by atoms with Gasteiger partial charge in [-0.25, -0.2) is 4.98 Å². The first-order chi connectivity index (χ1) is 4.47. The van der Waals surface area contributed by atoms with Gasteiger partial charge in [-0.3, -0.25) is 0 Å². The second-order valence-electron chi connectivity index (χ2n) is 1.77. The van der Waals surface area contributed by atoms with Crippen molar-refractivity contribution in [2.24, 2.45) is 0 Å². The summed E-state index contributed by atoms with van der Waals surface area (Å²) in [5.74, 6) is 0. The molecule has 0 N–H and O–H groups in total. The summed E-state index contributed by atoms with van der Waals surface area (Å²) in [5, 5.41) is 0. The molecule has 0 aliphatic carbocycles. The van der Waals surface area contributed by atoms with Gasteiger partial charge < -0.3 is 4.42 Å². The van der Waals surface area contributed by atoms with Crippen molar-refractivity contribution < 1.29 is 4.42 Å². The Bertz CT molecular complexity index is 283. The van der Waals surface area contributed by atoms with E-state index >= 15 is 0 Å². The molecule has 0 aliphatic rings. The summed E-state index contributed by atoms with van der Waals surface area (Å²) in [5.41, 5.74) is 1.65. The zero-order valence-corrected chi connectivity index (χ0v) is 4.66. The number of hydrogen-bond donors (Lipinski definition) is 0. The van der Waals surface area contributed by atoms with Gasteiger partial charge in [0.1, 0.15) is 5.52 Å². The van der Waals surface area contributed by atoms with Gasteiger partial charge in [-0.05, 0) is 12.1 Å². The molecule has 0 unspecified atom stereocenters. The number of benzene rings is 1. The zero-order valence-electron chi connectivity index (χ0n) is 4.66. The maximum atomic E-state index is 4.88. The maximum absolute atomic E-state index is 4.88. The maximum Gasteiger partial charge on any atom is 0.284 e. The van der Waals surface area contributed by atoms with E-state index in [1.165, 1.54) is 0 Å². The normalized spacial score (nSPS) is 10.2. The van der Waals surface area contributed by atoms with E-state index in [1.54, 1.807) is 0 Å². The fourth-order valence-electron chi connectivity index (χ4n) is 0.757. The number of hydrogen-bond acceptors (Lipinski definition) is 2. The predicted octanol–water partition coefficient (Wildman–Crippen LogP) is 1.63. The Morgan fingerprint density at radius 2 is 2.22 bits per heavy atom.